The highest BCUT2D eigenvalue weighted by atomic mass is 15.1. The zero-order valence-corrected chi connectivity index (χ0v) is 14.4. The van der Waals surface area contributed by atoms with Crippen LogP contribution in [0.5, 0.6) is 0 Å². The molecule has 0 aliphatic carbocycles. The van der Waals surface area contributed by atoms with Crippen molar-refractivity contribution in [2.45, 2.75) is 25.3 Å². The van der Waals surface area contributed by atoms with Gasteiger partial charge in [0.05, 0.1) is 11.9 Å². The zero-order valence-electron chi connectivity index (χ0n) is 14.4. The van der Waals surface area contributed by atoms with Gasteiger partial charge in [0.2, 0.25) is 0 Å². The Morgan fingerprint density at radius 2 is 2.12 bits per heavy atom. The highest BCUT2D eigenvalue weighted by Gasteiger charge is 2.23. The lowest BCUT2D eigenvalue weighted by Gasteiger charge is -2.32. The molecule has 1 saturated heterocycles. The predicted octanol–water partition coefficient (Wildman–Crippen LogP) is 2.65. The van der Waals surface area contributed by atoms with Gasteiger partial charge in [-0.1, -0.05) is 6.07 Å². The molecule has 0 amide bonds. The van der Waals surface area contributed by atoms with Crippen LogP contribution in [0.1, 0.15) is 30.0 Å². The Hall–Kier alpha value is -2.60. The highest BCUT2D eigenvalue weighted by molar-refractivity contribution is 5.48. The van der Waals surface area contributed by atoms with E-state index >= 15 is 0 Å². The normalized spacial score (nSPS) is 18.4. The second kappa shape index (κ2) is 7.11. The molecular formula is C19H22N6. The van der Waals surface area contributed by atoms with Gasteiger partial charge >= 0.3 is 0 Å². The Morgan fingerprint density at radius 1 is 1.16 bits per heavy atom. The molecule has 1 fully saturated rings. The standard InChI is InChI=1S/C19H22N6/c1-24-9-7-22-19(24)18-12-21-11-17(23-18)16-5-3-8-25(14-16)13-15-4-2-6-20-10-15/h2,4,6-7,9-12,16H,3,5,8,13-14H2,1H3. The molecule has 0 saturated carbocycles. The maximum Gasteiger partial charge on any atom is 0.159 e. The third-order valence-corrected chi connectivity index (χ3v) is 4.76. The molecule has 1 aliphatic heterocycles. The Kier molecular flexibility index (Phi) is 4.52. The van der Waals surface area contributed by atoms with Crippen molar-refractivity contribution in [2.24, 2.45) is 7.05 Å². The number of rotatable bonds is 4. The first-order valence-corrected chi connectivity index (χ1v) is 8.70. The molecule has 1 atom stereocenters. The topological polar surface area (TPSA) is 59.7 Å². The smallest absolute Gasteiger partial charge is 0.159 e. The molecule has 6 heteroatoms. The van der Waals surface area contributed by atoms with Crippen molar-refractivity contribution in [1.82, 2.24) is 29.4 Å². The average molecular weight is 334 g/mol. The van der Waals surface area contributed by atoms with Crippen molar-refractivity contribution >= 4 is 0 Å². The van der Waals surface area contributed by atoms with E-state index in [-0.39, 0.29) is 0 Å². The Morgan fingerprint density at radius 3 is 2.92 bits per heavy atom. The first-order chi connectivity index (χ1) is 12.3. The van der Waals surface area contributed by atoms with Gasteiger partial charge in [0.15, 0.2) is 5.82 Å². The van der Waals surface area contributed by atoms with Gasteiger partial charge in [0, 0.05) is 57.0 Å². The van der Waals surface area contributed by atoms with Crippen LogP contribution < -0.4 is 0 Å². The lowest BCUT2D eigenvalue weighted by molar-refractivity contribution is 0.198. The van der Waals surface area contributed by atoms with E-state index in [0.717, 1.165) is 43.3 Å². The summed E-state index contributed by atoms with van der Waals surface area (Å²) in [6, 6.07) is 4.14. The fourth-order valence-electron chi connectivity index (χ4n) is 3.49. The van der Waals surface area contributed by atoms with Crippen molar-refractivity contribution in [2.75, 3.05) is 13.1 Å². The van der Waals surface area contributed by atoms with Crippen LogP contribution in [0.25, 0.3) is 11.5 Å². The first-order valence-electron chi connectivity index (χ1n) is 8.70. The molecule has 0 aromatic carbocycles. The van der Waals surface area contributed by atoms with E-state index in [0.29, 0.717) is 5.92 Å². The fraction of sp³-hybridized carbons (Fsp3) is 0.368. The Bertz CT molecular complexity index is 829. The molecule has 0 radical (unpaired) electrons. The van der Waals surface area contributed by atoms with Crippen molar-refractivity contribution in [3.05, 3.63) is 60.6 Å². The van der Waals surface area contributed by atoms with Gasteiger partial charge in [-0.05, 0) is 31.0 Å². The molecule has 0 spiro atoms. The molecule has 6 nitrogen and oxygen atoms in total. The third kappa shape index (κ3) is 3.58. The SMILES string of the molecule is Cn1ccnc1-c1cncc(C2CCCN(Cc3cccnc3)C2)n1. The summed E-state index contributed by atoms with van der Waals surface area (Å²) in [6.07, 6.45) is 13.5. The fourth-order valence-corrected chi connectivity index (χ4v) is 3.49. The maximum absolute atomic E-state index is 4.86. The summed E-state index contributed by atoms with van der Waals surface area (Å²) in [5.41, 5.74) is 3.17. The zero-order chi connectivity index (χ0) is 17.1. The first kappa shape index (κ1) is 15.9. The quantitative estimate of drug-likeness (QED) is 0.734. The minimum Gasteiger partial charge on any atom is -0.333 e. The molecular weight excluding hydrogens is 312 g/mol. The highest BCUT2D eigenvalue weighted by Crippen LogP contribution is 2.27. The van der Waals surface area contributed by atoms with Crippen LogP contribution in [0, 0.1) is 0 Å². The molecule has 4 heterocycles. The minimum atomic E-state index is 0.415. The van der Waals surface area contributed by atoms with Gasteiger partial charge in [-0.2, -0.15) is 0 Å². The monoisotopic (exact) mass is 334 g/mol. The molecule has 128 valence electrons. The number of likely N-dealkylation sites (tertiary alicyclic amines) is 1. The number of piperidine rings is 1. The molecule has 0 N–H and O–H groups in total. The average Bonchev–Trinajstić information content (AvgIpc) is 3.09. The van der Waals surface area contributed by atoms with Gasteiger partial charge in [-0.15, -0.1) is 0 Å². The number of aryl methyl sites for hydroxylation is 1. The summed E-state index contributed by atoms with van der Waals surface area (Å²) in [7, 11) is 1.98. The third-order valence-electron chi connectivity index (χ3n) is 4.76. The second-order valence-corrected chi connectivity index (χ2v) is 6.63. The van der Waals surface area contributed by atoms with Gasteiger partial charge < -0.3 is 4.57 Å². The number of aromatic nitrogens is 5. The van der Waals surface area contributed by atoms with Crippen LogP contribution in [-0.4, -0.2) is 42.5 Å². The van der Waals surface area contributed by atoms with Crippen LogP contribution in [0.3, 0.4) is 0 Å². The van der Waals surface area contributed by atoms with Crippen molar-refractivity contribution < 1.29 is 0 Å². The molecule has 4 rings (SSSR count). The van der Waals surface area contributed by atoms with Crippen LogP contribution in [0.15, 0.2) is 49.3 Å². The summed E-state index contributed by atoms with van der Waals surface area (Å²) in [6.45, 7) is 3.07. The molecule has 3 aromatic heterocycles. The van der Waals surface area contributed by atoms with E-state index in [2.05, 4.69) is 25.9 Å². The summed E-state index contributed by atoms with van der Waals surface area (Å²) in [5, 5.41) is 0. The summed E-state index contributed by atoms with van der Waals surface area (Å²) >= 11 is 0. The largest absolute Gasteiger partial charge is 0.333 e. The van der Waals surface area contributed by atoms with Gasteiger partial charge in [0.25, 0.3) is 0 Å². The van der Waals surface area contributed by atoms with E-state index in [1.165, 1.54) is 12.0 Å². The van der Waals surface area contributed by atoms with Gasteiger partial charge in [0.1, 0.15) is 5.69 Å². The van der Waals surface area contributed by atoms with Crippen molar-refractivity contribution in [3.63, 3.8) is 0 Å². The van der Waals surface area contributed by atoms with Gasteiger partial charge in [-0.25, -0.2) is 9.97 Å². The molecule has 1 unspecified atom stereocenters. The molecule has 1 aliphatic rings. The number of hydrogen-bond acceptors (Lipinski definition) is 5. The van der Waals surface area contributed by atoms with E-state index in [4.69, 9.17) is 4.98 Å². The second-order valence-electron chi connectivity index (χ2n) is 6.63. The number of nitrogens with zero attached hydrogens (tertiary/aromatic N) is 6. The summed E-state index contributed by atoms with van der Waals surface area (Å²) in [4.78, 5) is 20.4. The summed E-state index contributed by atoms with van der Waals surface area (Å²) < 4.78 is 1.98. The van der Waals surface area contributed by atoms with E-state index in [1.54, 1.807) is 12.4 Å². The number of pyridine rings is 1. The van der Waals surface area contributed by atoms with Crippen LogP contribution in [-0.2, 0) is 13.6 Å². The Balaban J connectivity index is 1.51. The minimum absolute atomic E-state index is 0.415. The summed E-state index contributed by atoms with van der Waals surface area (Å²) in [5.74, 6) is 1.27. The Labute approximate surface area is 147 Å². The molecule has 3 aromatic rings. The number of imidazole rings is 1. The van der Waals surface area contributed by atoms with E-state index in [1.807, 2.05) is 42.5 Å². The van der Waals surface area contributed by atoms with Crippen molar-refractivity contribution in [3.8, 4) is 11.5 Å². The molecule has 0 bridgehead atoms. The van der Waals surface area contributed by atoms with Crippen LogP contribution in [0.2, 0.25) is 0 Å². The van der Waals surface area contributed by atoms with Gasteiger partial charge in [-0.3, -0.25) is 14.9 Å². The lowest BCUT2D eigenvalue weighted by Crippen LogP contribution is -2.34. The maximum atomic E-state index is 4.86. The molecule has 25 heavy (non-hydrogen) atoms. The predicted molar refractivity (Wildman–Crippen MR) is 95.7 cm³/mol. The van der Waals surface area contributed by atoms with Crippen molar-refractivity contribution in [1.29, 1.82) is 0 Å². The number of hydrogen-bond donors (Lipinski definition) is 0. The van der Waals surface area contributed by atoms with E-state index in [9.17, 15) is 0 Å². The van der Waals surface area contributed by atoms with Crippen LogP contribution in [0.4, 0.5) is 0 Å². The van der Waals surface area contributed by atoms with Crippen LogP contribution >= 0.6 is 0 Å². The lowest BCUT2D eigenvalue weighted by atomic mass is 9.94. The van der Waals surface area contributed by atoms with E-state index < -0.39 is 0 Å².